The van der Waals surface area contributed by atoms with Crippen LogP contribution in [0.25, 0.3) is 0 Å². The lowest BCUT2D eigenvalue weighted by atomic mass is 9.96. The molecule has 0 N–H and O–H groups in total. The summed E-state index contributed by atoms with van der Waals surface area (Å²) < 4.78 is 41.2. The van der Waals surface area contributed by atoms with Crippen molar-refractivity contribution < 1.29 is 22.5 Å². The van der Waals surface area contributed by atoms with Gasteiger partial charge < -0.3 is 4.52 Å². The van der Waals surface area contributed by atoms with Crippen LogP contribution in [-0.4, -0.2) is 22.1 Å². The minimum Gasteiger partial charge on any atom is -0.339 e. The molecule has 0 saturated heterocycles. The molecule has 0 aromatic carbocycles. The Morgan fingerprint density at radius 1 is 1.29 bits per heavy atom. The number of ketones is 1. The van der Waals surface area contributed by atoms with E-state index < -0.39 is 23.3 Å². The molecule has 1 heterocycles. The summed E-state index contributed by atoms with van der Waals surface area (Å²) in [4.78, 5) is 14.8. The average Bonchev–Trinajstić information content (AvgIpc) is 2.61. The van der Waals surface area contributed by atoms with E-state index in [9.17, 15) is 18.0 Å². The Hall–Kier alpha value is -1.40. The highest BCUT2D eigenvalue weighted by Gasteiger charge is 2.44. The number of carbonyl (C=O) groups is 1. The highest BCUT2D eigenvalue weighted by atomic mass is 19.4. The quantitative estimate of drug-likeness (QED) is 0.809. The van der Waals surface area contributed by atoms with Gasteiger partial charge in [0, 0.05) is 5.41 Å². The third-order valence-electron chi connectivity index (χ3n) is 2.16. The molecule has 0 aliphatic rings. The fourth-order valence-electron chi connectivity index (χ4n) is 1.07. The van der Waals surface area contributed by atoms with Gasteiger partial charge in [0.2, 0.25) is 11.7 Å². The molecule has 0 fully saturated rings. The average molecular weight is 250 g/mol. The van der Waals surface area contributed by atoms with Crippen LogP contribution in [0.1, 0.15) is 45.3 Å². The summed E-state index contributed by atoms with van der Waals surface area (Å²) >= 11 is 0. The number of hydrogen-bond donors (Lipinski definition) is 0. The highest BCUT2D eigenvalue weighted by molar-refractivity contribution is 5.89. The molecule has 1 atom stereocenters. The predicted octanol–water partition coefficient (Wildman–Crippen LogP) is 2.60. The topological polar surface area (TPSA) is 56.0 Å². The molecule has 1 rings (SSSR count). The zero-order valence-corrected chi connectivity index (χ0v) is 9.92. The van der Waals surface area contributed by atoms with E-state index in [0.717, 1.165) is 6.92 Å². The van der Waals surface area contributed by atoms with E-state index in [1.807, 2.05) is 0 Å². The summed E-state index contributed by atoms with van der Waals surface area (Å²) in [6, 6.07) is 0. The molecule has 1 aromatic rings. The van der Waals surface area contributed by atoms with Crippen LogP contribution in [0.2, 0.25) is 0 Å². The van der Waals surface area contributed by atoms with Crippen LogP contribution in [0.5, 0.6) is 0 Å². The van der Waals surface area contributed by atoms with Gasteiger partial charge in [-0.25, -0.2) is 0 Å². The first kappa shape index (κ1) is 13.7. The Morgan fingerprint density at radius 3 is 2.18 bits per heavy atom. The van der Waals surface area contributed by atoms with Crippen molar-refractivity contribution in [3.8, 4) is 0 Å². The van der Waals surface area contributed by atoms with Crippen LogP contribution in [0, 0.1) is 0 Å². The third-order valence-corrected chi connectivity index (χ3v) is 2.16. The van der Waals surface area contributed by atoms with Gasteiger partial charge in [0.15, 0.2) is 5.82 Å². The zero-order chi connectivity index (χ0) is 13.4. The van der Waals surface area contributed by atoms with Crippen molar-refractivity contribution in [2.75, 3.05) is 0 Å². The minimum absolute atomic E-state index is 0.273. The van der Waals surface area contributed by atoms with Gasteiger partial charge in [-0.2, -0.15) is 18.2 Å². The van der Waals surface area contributed by atoms with E-state index >= 15 is 0 Å². The van der Waals surface area contributed by atoms with Crippen LogP contribution in [0.3, 0.4) is 0 Å². The van der Waals surface area contributed by atoms with E-state index in [1.165, 1.54) is 0 Å². The second-order valence-corrected chi connectivity index (χ2v) is 4.79. The van der Waals surface area contributed by atoms with Gasteiger partial charge in [0.05, 0.1) is 0 Å². The normalized spacial score (nSPS) is 14.8. The fraction of sp³-hybridized carbons (Fsp3) is 0.700. The summed E-state index contributed by atoms with van der Waals surface area (Å²) in [6.45, 7) is 6.46. The molecule has 0 amide bonds. The third kappa shape index (κ3) is 3.04. The maximum absolute atomic E-state index is 12.2. The molecular weight excluding hydrogens is 237 g/mol. The van der Waals surface area contributed by atoms with Gasteiger partial charge in [0.25, 0.3) is 0 Å². The summed E-state index contributed by atoms with van der Waals surface area (Å²) in [5.74, 6) is -3.40. The number of carbonyl (C=O) groups excluding carboxylic acids is 1. The van der Waals surface area contributed by atoms with Gasteiger partial charge >= 0.3 is 6.18 Å². The summed E-state index contributed by atoms with van der Waals surface area (Å²) in [5.41, 5.74) is -0.442. The van der Waals surface area contributed by atoms with Crippen molar-refractivity contribution >= 4 is 5.78 Å². The molecule has 1 aromatic heterocycles. The van der Waals surface area contributed by atoms with Gasteiger partial charge in [-0.1, -0.05) is 25.9 Å². The lowest BCUT2D eigenvalue weighted by Crippen LogP contribution is -2.28. The Kier molecular flexibility index (Phi) is 3.31. The smallest absolute Gasteiger partial charge is 0.339 e. The Bertz CT molecular complexity index is 418. The molecule has 0 radical (unpaired) electrons. The molecule has 1 unspecified atom stereocenters. The van der Waals surface area contributed by atoms with Gasteiger partial charge in [-0.05, 0) is 6.92 Å². The number of hydrogen-bond acceptors (Lipinski definition) is 4. The second kappa shape index (κ2) is 4.12. The van der Waals surface area contributed by atoms with Crippen molar-refractivity contribution in [3.63, 3.8) is 0 Å². The second-order valence-electron chi connectivity index (χ2n) is 4.79. The SMILES string of the molecule is CC(C(=O)C(F)(F)F)c1nc(C(C)(C)C)no1. The van der Waals surface area contributed by atoms with Crippen LogP contribution < -0.4 is 0 Å². The lowest BCUT2D eigenvalue weighted by molar-refractivity contribution is -0.172. The van der Waals surface area contributed by atoms with Crippen molar-refractivity contribution in [2.24, 2.45) is 0 Å². The van der Waals surface area contributed by atoms with Crippen molar-refractivity contribution in [3.05, 3.63) is 11.7 Å². The van der Waals surface area contributed by atoms with Gasteiger partial charge in [-0.3, -0.25) is 4.79 Å². The molecule has 0 saturated carbocycles. The summed E-state index contributed by atoms with van der Waals surface area (Å²) in [6.07, 6.45) is -4.89. The lowest BCUT2D eigenvalue weighted by Gasteiger charge is -2.11. The zero-order valence-electron chi connectivity index (χ0n) is 9.92. The van der Waals surface area contributed by atoms with Gasteiger partial charge in [0.1, 0.15) is 5.92 Å². The van der Waals surface area contributed by atoms with Crippen LogP contribution in [0.15, 0.2) is 4.52 Å². The van der Waals surface area contributed by atoms with E-state index in [4.69, 9.17) is 0 Å². The number of Topliss-reactive ketones (excluding diaryl/α,β-unsaturated/α-hetero) is 1. The molecule has 17 heavy (non-hydrogen) atoms. The minimum atomic E-state index is -4.89. The molecule has 0 aliphatic heterocycles. The Balaban J connectivity index is 2.95. The van der Waals surface area contributed by atoms with E-state index in [2.05, 4.69) is 14.7 Å². The van der Waals surface area contributed by atoms with Crippen LogP contribution in [0.4, 0.5) is 13.2 Å². The molecule has 96 valence electrons. The number of nitrogens with zero attached hydrogens (tertiary/aromatic N) is 2. The molecule has 0 aliphatic carbocycles. The molecule has 0 bridgehead atoms. The van der Waals surface area contributed by atoms with E-state index in [0.29, 0.717) is 0 Å². The monoisotopic (exact) mass is 250 g/mol. The van der Waals surface area contributed by atoms with Crippen molar-refractivity contribution in [1.82, 2.24) is 10.1 Å². The van der Waals surface area contributed by atoms with E-state index in [-0.39, 0.29) is 11.7 Å². The number of aromatic nitrogens is 2. The van der Waals surface area contributed by atoms with E-state index in [1.54, 1.807) is 20.8 Å². The Labute approximate surface area is 96.2 Å². The fourth-order valence-corrected chi connectivity index (χ4v) is 1.07. The standard InChI is InChI=1S/C10H13F3N2O2/c1-5(6(16)10(11,12)13)7-14-8(15-17-7)9(2,3)4/h5H,1-4H3. The highest BCUT2D eigenvalue weighted by Crippen LogP contribution is 2.28. The Morgan fingerprint density at radius 2 is 1.82 bits per heavy atom. The van der Waals surface area contributed by atoms with Crippen LogP contribution in [-0.2, 0) is 10.2 Å². The maximum Gasteiger partial charge on any atom is 0.450 e. The number of alkyl halides is 3. The maximum atomic E-state index is 12.2. The molecule has 4 nitrogen and oxygen atoms in total. The molecule has 0 spiro atoms. The first-order valence-corrected chi connectivity index (χ1v) is 4.98. The largest absolute Gasteiger partial charge is 0.450 e. The number of halogens is 3. The summed E-state index contributed by atoms with van der Waals surface area (Å²) in [5, 5.41) is 3.57. The summed E-state index contributed by atoms with van der Waals surface area (Å²) in [7, 11) is 0. The van der Waals surface area contributed by atoms with Crippen molar-refractivity contribution in [1.29, 1.82) is 0 Å². The van der Waals surface area contributed by atoms with Crippen molar-refractivity contribution in [2.45, 2.75) is 45.2 Å². The molecule has 7 heteroatoms. The molecular formula is C10H13F3N2O2. The van der Waals surface area contributed by atoms with Gasteiger partial charge in [-0.15, -0.1) is 0 Å². The first-order chi connectivity index (χ1) is 7.53. The predicted molar refractivity (Wildman–Crippen MR) is 52.5 cm³/mol. The van der Waals surface area contributed by atoms with Crippen LogP contribution >= 0.6 is 0 Å². The number of rotatable bonds is 2. The first-order valence-electron chi connectivity index (χ1n) is 4.98.